The molecule has 30 heavy (non-hydrogen) atoms. The number of esters is 1. The van der Waals surface area contributed by atoms with Crippen LogP contribution in [0.25, 0.3) is 0 Å². The molecule has 0 aliphatic carbocycles. The number of carbonyl (C=O) groups excluding carboxylic acids is 4. The van der Waals surface area contributed by atoms with Crippen molar-refractivity contribution in [2.45, 2.75) is 24.9 Å². The Morgan fingerprint density at radius 2 is 1.60 bits per heavy atom. The van der Waals surface area contributed by atoms with Gasteiger partial charge in [-0.1, -0.05) is 30.3 Å². The first-order valence-electron chi connectivity index (χ1n) is 8.92. The number of hydrogen-bond acceptors (Lipinski definition) is 7. The molecule has 0 saturated carbocycles. The highest BCUT2D eigenvalue weighted by molar-refractivity contribution is 6.23. The van der Waals surface area contributed by atoms with E-state index in [1.165, 1.54) is 31.2 Å². The van der Waals surface area contributed by atoms with Crippen molar-refractivity contribution in [3.63, 3.8) is 0 Å². The Kier molecular flexibility index (Phi) is 5.58. The quantitative estimate of drug-likeness (QED) is 0.319. The van der Waals surface area contributed by atoms with Crippen LogP contribution in [0.15, 0.2) is 54.6 Å². The Morgan fingerprint density at radius 1 is 1.03 bits per heavy atom. The summed E-state index contributed by atoms with van der Waals surface area (Å²) in [7, 11) is 0. The van der Waals surface area contributed by atoms with Gasteiger partial charge in [-0.05, 0) is 24.6 Å². The van der Waals surface area contributed by atoms with Crippen LogP contribution in [-0.2, 0) is 19.7 Å². The lowest BCUT2D eigenvalue weighted by atomic mass is 9.73. The van der Waals surface area contributed by atoms with E-state index in [0.717, 1.165) is 0 Å². The lowest BCUT2D eigenvalue weighted by molar-refractivity contribution is -0.384. The van der Waals surface area contributed by atoms with E-state index in [4.69, 9.17) is 4.74 Å². The lowest BCUT2D eigenvalue weighted by Crippen LogP contribution is -2.65. The molecule has 1 aliphatic heterocycles. The van der Waals surface area contributed by atoms with Crippen LogP contribution < -0.4 is 10.6 Å². The first-order valence-corrected chi connectivity index (χ1v) is 8.92. The second kappa shape index (κ2) is 8.11. The fraction of sp³-hybridized carbons (Fsp3) is 0.200. The summed E-state index contributed by atoms with van der Waals surface area (Å²) in [5.41, 5.74) is -1.54. The highest BCUT2D eigenvalue weighted by Crippen LogP contribution is 2.33. The van der Waals surface area contributed by atoms with Crippen LogP contribution in [0.3, 0.4) is 0 Å². The summed E-state index contributed by atoms with van der Waals surface area (Å²) in [5.74, 6) is -2.41. The molecule has 1 saturated heterocycles. The Balaban J connectivity index is 1.83. The molecule has 154 valence electrons. The van der Waals surface area contributed by atoms with Crippen molar-refractivity contribution in [2.24, 2.45) is 0 Å². The van der Waals surface area contributed by atoms with Crippen molar-refractivity contribution >= 4 is 29.5 Å². The van der Waals surface area contributed by atoms with E-state index in [1.54, 1.807) is 30.3 Å². The van der Waals surface area contributed by atoms with Crippen molar-refractivity contribution < 1.29 is 28.8 Å². The average Bonchev–Trinajstić information content (AvgIpc) is 2.71. The van der Waals surface area contributed by atoms with Crippen molar-refractivity contribution in [1.29, 1.82) is 0 Å². The predicted octanol–water partition coefficient (Wildman–Crippen LogP) is 1.83. The third-order valence-corrected chi connectivity index (χ3v) is 4.71. The first-order chi connectivity index (χ1) is 14.2. The van der Waals surface area contributed by atoms with E-state index in [9.17, 15) is 29.3 Å². The smallest absolute Gasteiger partial charge is 0.338 e. The van der Waals surface area contributed by atoms with Gasteiger partial charge in [0.05, 0.1) is 10.5 Å². The molecule has 1 fully saturated rings. The number of nitro benzene ring substituents is 1. The number of nitrogens with one attached hydrogen (secondary N) is 2. The van der Waals surface area contributed by atoms with Crippen LogP contribution in [0.5, 0.6) is 0 Å². The Hall–Kier alpha value is -4.08. The number of amides is 4. The molecule has 10 nitrogen and oxygen atoms in total. The van der Waals surface area contributed by atoms with Gasteiger partial charge in [0, 0.05) is 18.6 Å². The minimum absolute atomic E-state index is 0.0777. The minimum atomic E-state index is -1.77. The Morgan fingerprint density at radius 3 is 2.13 bits per heavy atom. The van der Waals surface area contributed by atoms with Crippen molar-refractivity contribution in [3.05, 3.63) is 75.8 Å². The van der Waals surface area contributed by atoms with E-state index in [0.29, 0.717) is 5.56 Å². The van der Waals surface area contributed by atoms with Crippen LogP contribution in [0.2, 0.25) is 0 Å². The van der Waals surface area contributed by atoms with Gasteiger partial charge in [-0.25, -0.2) is 9.59 Å². The summed E-state index contributed by atoms with van der Waals surface area (Å²) >= 11 is 0. The zero-order chi connectivity index (χ0) is 21.9. The van der Waals surface area contributed by atoms with E-state index < -0.39 is 40.3 Å². The molecule has 0 spiro atoms. The maximum atomic E-state index is 12.7. The van der Waals surface area contributed by atoms with Gasteiger partial charge in [-0.15, -0.1) is 0 Å². The molecule has 2 aromatic carbocycles. The molecule has 1 atom stereocenters. The van der Waals surface area contributed by atoms with E-state index >= 15 is 0 Å². The van der Waals surface area contributed by atoms with Gasteiger partial charge in [0.25, 0.3) is 5.69 Å². The highest BCUT2D eigenvalue weighted by Gasteiger charge is 2.52. The average molecular weight is 411 g/mol. The summed E-state index contributed by atoms with van der Waals surface area (Å²) in [4.78, 5) is 59.5. The monoisotopic (exact) mass is 411 g/mol. The Labute approximate surface area is 170 Å². The third-order valence-electron chi connectivity index (χ3n) is 4.71. The van der Waals surface area contributed by atoms with Gasteiger partial charge in [0.1, 0.15) is 6.10 Å². The summed E-state index contributed by atoms with van der Waals surface area (Å²) < 4.78 is 5.36. The number of hydrogen-bond donors (Lipinski definition) is 2. The molecule has 1 heterocycles. The van der Waals surface area contributed by atoms with Crippen LogP contribution in [0, 0.1) is 10.1 Å². The number of imide groups is 2. The van der Waals surface area contributed by atoms with E-state index in [2.05, 4.69) is 10.6 Å². The van der Waals surface area contributed by atoms with Gasteiger partial charge >= 0.3 is 12.0 Å². The lowest BCUT2D eigenvalue weighted by Gasteiger charge is -2.35. The highest BCUT2D eigenvalue weighted by atomic mass is 16.6. The van der Waals surface area contributed by atoms with Gasteiger partial charge in [0.15, 0.2) is 5.41 Å². The molecule has 2 aromatic rings. The number of nitrogens with zero attached hydrogens (tertiary/aromatic N) is 1. The van der Waals surface area contributed by atoms with Crippen LogP contribution in [0.1, 0.15) is 29.3 Å². The first kappa shape index (κ1) is 20.6. The van der Waals surface area contributed by atoms with Gasteiger partial charge in [-0.3, -0.25) is 30.3 Å². The maximum absolute atomic E-state index is 12.7. The van der Waals surface area contributed by atoms with Crippen LogP contribution in [-0.4, -0.2) is 34.8 Å². The molecular weight excluding hydrogens is 394 g/mol. The largest absolute Gasteiger partial charge is 0.459 e. The topological polar surface area (TPSA) is 145 Å². The molecule has 10 heteroatoms. The molecule has 1 aliphatic rings. The molecule has 1 unspecified atom stereocenters. The molecule has 0 bridgehead atoms. The van der Waals surface area contributed by atoms with E-state index in [1.807, 2.05) is 0 Å². The van der Waals surface area contributed by atoms with Gasteiger partial charge < -0.3 is 4.74 Å². The molecule has 3 rings (SSSR count). The summed E-state index contributed by atoms with van der Waals surface area (Å²) in [5, 5.41) is 14.9. The number of carbonyl (C=O) groups is 4. The number of ether oxygens (including phenoxy) is 1. The number of non-ortho nitro benzene ring substituents is 1. The van der Waals surface area contributed by atoms with Crippen molar-refractivity contribution in [1.82, 2.24) is 10.6 Å². The predicted molar refractivity (Wildman–Crippen MR) is 102 cm³/mol. The summed E-state index contributed by atoms with van der Waals surface area (Å²) in [6.07, 6.45) is -1.13. The molecule has 4 amide bonds. The number of urea groups is 1. The number of rotatable bonds is 6. The van der Waals surface area contributed by atoms with E-state index in [-0.39, 0.29) is 17.7 Å². The Bertz CT molecular complexity index is 998. The molecule has 0 radical (unpaired) electrons. The second-order valence-corrected chi connectivity index (χ2v) is 6.73. The minimum Gasteiger partial charge on any atom is -0.459 e. The zero-order valence-electron chi connectivity index (χ0n) is 15.8. The number of barbiturate groups is 1. The van der Waals surface area contributed by atoms with Gasteiger partial charge in [0.2, 0.25) is 11.8 Å². The normalized spacial score (nSPS) is 16.2. The van der Waals surface area contributed by atoms with Crippen LogP contribution >= 0.6 is 0 Å². The number of nitro groups is 1. The fourth-order valence-electron chi connectivity index (χ4n) is 3.28. The molecule has 0 aromatic heterocycles. The SMILES string of the molecule is CC(CC1(c2ccccc2)C(=O)NC(=O)NC1=O)OC(=O)c1ccc([N+](=O)[O-])cc1. The fourth-order valence-corrected chi connectivity index (χ4v) is 3.28. The third kappa shape index (κ3) is 3.88. The summed E-state index contributed by atoms with van der Waals surface area (Å²) in [6, 6.07) is 12.0. The molecule has 2 N–H and O–H groups in total. The van der Waals surface area contributed by atoms with Crippen molar-refractivity contribution in [3.8, 4) is 0 Å². The molecular formula is C20H17N3O7. The maximum Gasteiger partial charge on any atom is 0.338 e. The zero-order valence-corrected chi connectivity index (χ0v) is 15.8. The standard InChI is InChI=1S/C20H17N3O7/c1-12(30-16(24)13-7-9-15(10-8-13)23(28)29)11-20(14-5-3-2-4-6-14)17(25)21-19(27)22-18(20)26/h2-10,12H,11H2,1H3,(H2,21,22,25,26,27). The summed E-state index contributed by atoms with van der Waals surface area (Å²) in [6.45, 7) is 1.50. The van der Waals surface area contributed by atoms with Crippen LogP contribution in [0.4, 0.5) is 10.5 Å². The number of benzene rings is 2. The van der Waals surface area contributed by atoms with Gasteiger partial charge in [-0.2, -0.15) is 0 Å². The van der Waals surface area contributed by atoms with Crippen molar-refractivity contribution in [2.75, 3.05) is 0 Å². The second-order valence-electron chi connectivity index (χ2n) is 6.73.